The predicted molar refractivity (Wildman–Crippen MR) is 87.9 cm³/mol. The summed E-state index contributed by atoms with van der Waals surface area (Å²) in [4.78, 5) is 26.0. The van der Waals surface area contributed by atoms with Gasteiger partial charge in [0.15, 0.2) is 0 Å². The van der Waals surface area contributed by atoms with E-state index < -0.39 is 29.5 Å². The molecule has 1 aromatic carbocycles. The van der Waals surface area contributed by atoms with Crippen molar-refractivity contribution in [2.75, 3.05) is 32.5 Å². The van der Waals surface area contributed by atoms with Crippen molar-refractivity contribution in [3.05, 3.63) is 29.8 Å². The number of hydrogen-bond acceptors (Lipinski definition) is 3. The molecule has 0 spiro atoms. The average molecular weight is 357 g/mol. The highest BCUT2D eigenvalue weighted by atomic mass is 19.4. The molecule has 2 rings (SSSR count). The number of hydrogen-bond donors (Lipinski definition) is 2. The van der Waals surface area contributed by atoms with E-state index >= 15 is 0 Å². The van der Waals surface area contributed by atoms with Crippen molar-refractivity contribution in [3.63, 3.8) is 0 Å². The molecule has 138 valence electrons. The van der Waals surface area contributed by atoms with Crippen LogP contribution in [0.15, 0.2) is 24.3 Å². The lowest BCUT2D eigenvalue weighted by Gasteiger charge is -2.10. The van der Waals surface area contributed by atoms with Gasteiger partial charge in [0.05, 0.1) is 17.4 Å². The van der Waals surface area contributed by atoms with E-state index in [0.29, 0.717) is 13.0 Å². The number of benzene rings is 1. The van der Waals surface area contributed by atoms with Crippen molar-refractivity contribution < 1.29 is 22.8 Å². The molecule has 1 aromatic rings. The number of carbonyl (C=O) groups excluding carboxylic acids is 2. The zero-order valence-corrected chi connectivity index (χ0v) is 14.2. The summed E-state index contributed by atoms with van der Waals surface area (Å²) in [5.41, 5.74) is -0.742. The van der Waals surface area contributed by atoms with Gasteiger partial charge < -0.3 is 15.5 Å². The molecule has 1 aliphatic carbocycles. The number of nitrogens with zero attached hydrogens (tertiary/aromatic N) is 1. The average Bonchev–Trinajstić information content (AvgIpc) is 3.31. The maximum atomic E-state index is 12.7. The first-order valence-corrected chi connectivity index (χ1v) is 8.09. The van der Waals surface area contributed by atoms with E-state index in [-0.39, 0.29) is 11.6 Å². The Hall–Kier alpha value is -2.09. The molecule has 2 N–H and O–H groups in total. The van der Waals surface area contributed by atoms with Crippen molar-refractivity contribution in [2.24, 2.45) is 11.8 Å². The summed E-state index contributed by atoms with van der Waals surface area (Å²) in [7, 11) is 3.88. The van der Waals surface area contributed by atoms with E-state index in [0.717, 1.165) is 25.1 Å². The molecule has 1 saturated carbocycles. The molecule has 0 bridgehead atoms. The molecule has 0 radical (unpaired) electrons. The fourth-order valence-electron chi connectivity index (χ4n) is 2.52. The fourth-order valence-corrected chi connectivity index (χ4v) is 2.52. The summed E-state index contributed by atoms with van der Waals surface area (Å²) in [5.74, 6) is -1.48. The monoisotopic (exact) mass is 357 g/mol. The first-order valence-electron chi connectivity index (χ1n) is 8.09. The van der Waals surface area contributed by atoms with Crippen LogP contribution in [0.4, 0.5) is 18.9 Å². The van der Waals surface area contributed by atoms with Gasteiger partial charge >= 0.3 is 6.18 Å². The van der Waals surface area contributed by atoms with Crippen LogP contribution in [-0.4, -0.2) is 43.9 Å². The number of nitrogens with one attached hydrogen (secondary N) is 2. The van der Waals surface area contributed by atoms with Crippen LogP contribution in [0.5, 0.6) is 0 Å². The summed E-state index contributed by atoms with van der Waals surface area (Å²) in [6.07, 6.45) is -3.23. The van der Waals surface area contributed by atoms with Crippen LogP contribution >= 0.6 is 0 Å². The molecule has 2 amide bonds. The third-order valence-corrected chi connectivity index (χ3v) is 4.00. The van der Waals surface area contributed by atoms with Crippen LogP contribution in [0.1, 0.15) is 18.4 Å². The van der Waals surface area contributed by atoms with Crippen LogP contribution in [0.25, 0.3) is 0 Å². The Balaban J connectivity index is 1.80. The van der Waals surface area contributed by atoms with Gasteiger partial charge in [0.1, 0.15) is 0 Å². The topological polar surface area (TPSA) is 61.4 Å². The molecule has 8 heteroatoms. The van der Waals surface area contributed by atoms with Crippen molar-refractivity contribution in [1.82, 2.24) is 10.2 Å². The number of rotatable bonds is 7. The molecule has 0 saturated heterocycles. The zero-order chi connectivity index (χ0) is 18.6. The molecule has 0 aliphatic heterocycles. The number of anilines is 1. The van der Waals surface area contributed by atoms with Crippen molar-refractivity contribution in [3.8, 4) is 0 Å². The minimum Gasteiger partial charge on any atom is -0.356 e. The zero-order valence-electron chi connectivity index (χ0n) is 14.2. The van der Waals surface area contributed by atoms with Gasteiger partial charge in [0.2, 0.25) is 11.8 Å². The van der Waals surface area contributed by atoms with Crippen LogP contribution in [0, 0.1) is 11.8 Å². The van der Waals surface area contributed by atoms with E-state index in [1.165, 1.54) is 12.1 Å². The SMILES string of the molecule is CN(C)CCCNC(=O)C1CC1C(=O)Nc1cccc(C(F)(F)F)c1. The molecule has 2 unspecified atom stereocenters. The Kier molecular flexibility index (Phi) is 6.05. The highest BCUT2D eigenvalue weighted by molar-refractivity contribution is 5.99. The highest BCUT2D eigenvalue weighted by Gasteiger charge is 2.47. The minimum absolute atomic E-state index is 0.0804. The van der Waals surface area contributed by atoms with Gasteiger partial charge in [-0.2, -0.15) is 13.2 Å². The molecular weight excluding hydrogens is 335 g/mol. The Morgan fingerprint density at radius 2 is 1.88 bits per heavy atom. The smallest absolute Gasteiger partial charge is 0.356 e. The van der Waals surface area contributed by atoms with Gasteiger partial charge in [-0.3, -0.25) is 9.59 Å². The molecule has 1 fully saturated rings. The normalized spacial score (nSPS) is 19.6. The van der Waals surface area contributed by atoms with Crippen molar-refractivity contribution >= 4 is 17.5 Å². The third kappa shape index (κ3) is 5.74. The molecule has 2 atom stereocenters. The molecular formula is C17H22F3N3O2. The lowest BCUT2D eigenvalue weighted by atomic mass is 10.2. The van der Waals surface area contributed by atoms with Crippen LogP contribution in [0.2, 0.25) is 0 Å². The Labute approximate surface area is 144 Å². The standard InChI is InChI=1S/C17H22F3N3O2/c1-23(2)8-4-7-21-15(24)13-10-14(13)16(25)22-12-6-3-5-11(9-12)17(18,19)20/h3,5-6,9,13-14H,4,7-8,10H2,1-2H3,(H,21,24)(H,22,25). The van der Waals surface area contributed by atoms with Crippen molar-refractivity contribution in [2.45, 2.75) is 19.0 Å². The maximum Gasteiger partial charge on any atom is 0.416 e. The van der Waals surface area contributed by atoms with Gasteiger partial charge in [-0.05, 0) is 51.7 Å². The van der Waals surface area contributed by atoms with E-state index in [2.05, 4.69) is 10.6 Å². The van der Waals surface area contributed by atoms with Gasteiger partial charge in [-0.15, -0.1) is 0 Å². The maximum absolute atomic E-state index is 12.7. The van der Waals surface area contributed by atoms with Gasteiger partial charge in [0.25, 0.3) is 0 Å². The Bertz CT molecular complexity index is 632. The summed E-state index contributed by atoms with van der Waals surface area (Å²) < 4.78 is 38.0. The lowest BCUT2D eigenvalue weighted by molar-refractivity contribution is -0.137. The van der Waals surface area contributed by atoms with E-state index in [1.807, 2.05) is 19.0 Å². The van der Waals surface area contributed by atoms with E-state index in [1.54, 1.807) is 0 Å². The minimum atomic E-state index is -4.46. The second-order valence-corrected chi connectivity index (χ2v) is 6.46. The number of carbonyl (C=O) groups is 2. The summed E-state index contributed by atoms with van der Waals surface area (Å²) in [6.45, 7) is 1.39. The molecule has 5 nitrogen and oxygen atoms in total. The van der Waals surface area contributed by atoms with E-state index in [4.69, 9.17) is 0 Å². The summed E-state index contributed by atoms with van der Waals surface area (Å²) in [5, 5.41) is 5.24. The Morgan fingerprint density at radius 1 is 1.20 bits per heavy atom. The largest absolute Gasteiger partial charge is 0.416 e. The Morgan fingerprint density at radius 3 is 2.52 bits per heavy atom. The van der Waals surface area contributed by atoms with Crippen LogP contribution in [-0.2, 0) is 15.8 Å². The van der Waals surface area contributed by atoms with Crippen molar-refractivity contribution in [1.29, 1.82) is 0 Å². The number of halogens is 3. The molecule has 0 heterocycles. The third-order valence-electron chi connectivity index (χ3n) is 4.00. The number of amides is 2. The van der Waals surface area contributed by atoms with Crippen LogP contribution < -0.4 is 10.6 Å². The molecule has 0 aromatic heterocycles. The lowest BCUT2D eigenvalue weighted by Crippen LogP contribution is -2.30. The first-order chi connectivity index (χ1) is 11.7. The van der Waals surface area contributed by atoms with Gasteiger partial charge in [-0.25, -0.2) is 0 Å². The second kappa shape index (κ2) is 7.86. The van der Waals surface area contributed by atoms with E-state index in [9.17, 15) is 22.8 Å². The summed E-state index contributed by atoms with van der Waals surface area (Å²) in [6, 6.07) is 4.46. The predicted octanol–water partition coefficient (Wildman–Crippen LogP) is 2.35. The van der Waals surface area contributed by atoms with Crippen LogP contribution in [0.3, 0.4) is 0 Å². The second-order valence-electron chi connectivity index (χ2n) is 6.46. The van der Waals surface area contributed by atoms with Gasteiger partial charge in [0, 0.05) is 12.2 Å². The molecule has 1 aliphatic rings. The fraction of sp³-hybridized carbons (Fsp3) is 0.529. The number of alkyl halides is 3. The molecule has 25 heavy (non-hydrogen) atoms. The quantitative estimate of drug-likeness (QED) is 0.737. The summed E-state index contributed by atoms with van der Waals surface area (Å²) >= 11 is 0. The highest BCUT2D eigenvalue weighted by Crippen LogP contribution is 2.39. The first kappa shape index (κ1) is 19.2. The van der Waals surface area contributed by atoms with Gasteiger partial charge in [-0.1, -0.05) is 6.07 Å².